The Labute approximate surface area is 111 Å². The molecule has 1 heterocycles. The van der Waals surface area contributed by atoms with Crippen molar-refractivity contribution in [2.75, 3.05) is 32.5 Å². The summed E-state index contributed by atoms with van der Waals surface area (Å²) in [5.41, 5.74) is 5.84. The number of hydrogen-bond acceptors (Lipinski definition) is 5. The van der Waals surface area contributed by atoms with Crippen LogP contribution in [0.1, 0.15) is 0 Å². The minimum Gasteiger partial charge on any atom is -0.497 e. The zero-order chi connectivity index (χ0) is 14.0. The SMILES string of the molecule is COc1ccc(S(=O)(=O)N2CCNC(=O)C2)c(N)c1. The second-order valence-electron chi connectivity index (χ2n) is 4.09. The van der Waals surface area contributed by atoms with E-state index >= 15 is 0 Å². The van der Waals surface area contributed by atoms with Crippen molar-refractivity contribution in [3.8, 4) is 5.75 Å². The molecule has 0 spiro atoms. The lowest BCUT2D eigenvalue weighted by Gasteiger charge is -2.26. The summed E-state index contributed by atoms with van der Waals surface area (Å²) in [6.07, 6.45) is 0. The van der Waals surface area contributed by atoms with Crippen LogP contribution in [0.5, 0.6) is 5.75 Å². The average molecular weight is 285 g/mol. The zero-order valence-electron chi connectivity index (χ0n) is 10.4. The van der Waals surface area contributed by atoms with Crippen LogP contribution in [0.3, 0.4) is 0 Å². The maximum atomic E-state index is 12.4. The van der Waals surface area contributed by atoms with E-state index in [1.54, 1.807) is 0 Å². The summed E-state index contributed by atoms with van der Waals surface area (Å²) in [5.74, 6) is 0.162. The van der Waals surface area contributed by atoms with Crippen molar-refractivity contribution in [1.29, 1.82) is 0 Å². The molecule has 1 aromatic rings. The van der Waals surface area contributed by atoms with Crippen molar-refractivity contribution in [2.24, 2.45) is 0 Å². The van der Waals surface area contributed by atoms with Gasteiger partial charge in [0.15, 0.2) is 0 Å². The van der Waals surface area contributed by atoms with E-state index in [2.05, 4.69) is 5.32 Å². The summed E-state index contributed by atoms with van der Waals surface area (Å²) in [6, 6.07) is 4.35. The Morgan fingerprint density at radius 1 is 1.42 bits per heavy atom. The van der Waals surface area contributed by atoms with Crippen LogP contribution in [-0.2, 0) is 14.8 Å². The van der Waals surface area contributed by atoms with E-state index in [0.29, 0.717) is 12.3 Å². The lowest BCUT2D eigenvalue weighted by atomic mass is 10.3. The number of sulfonamides is 1. The van der Waals surface area contributed by atoms with E-state index in [4.69, 9.17) is 10.5 Å². The molecule has 7 nitrogen and oxygen atoms in total. The van der Waals surface area contributed by atoms with Crippen molar-refractivity contribution < 1.29 is 17.9 Å². The number of piperazine rings is 1. The average Bonchev–Trinajstić information content (AvgIpc) is 2.38. The molecule has 19 heavy (non-hydrogen) atoms. The minimum absolute atomic E-state index is 0.0111. The van der Waals surface area contributed by atoms with Gasteiger partial charge in [-0.25, -0.2) is 8.42 Å². The van der Waals surface area contributed by atoms with Gasteiger partial charge >= 0.3 is 0 Å². The number of hydrogen-bond donors (Lipinski definition) is 2. The first-order chi connectivity index (χ1) is 8.95. The van der Waals surface area contributed by atoms with Crippen molar-refractivity contribution in [2.45, 2.75) is 4.90 Å². The Morgan fingerprint density at radius 2 is 2.16 bits per heavy atom. The molecule has 104 valence electrons. The van der Waals surface area contributed by atoms with Gasteiger partial charge in [0.1, 0.15) is 10.6 Å². The lowest BCUT2D eigenvalue weighted by molar-refractivity contribution is -0.122. The van der Waals surface area contributed by atoms with E-state index in [1.165, 1.54) is 25.3 Å². The molecule has 1 saturated heterocycles. The van der Waals surface area contributed by atoms with Crippen LogP contribution >= 0.6 is 0 Å². The highest BCUT2D eigenvalue weighted by Gasteiger charge is 2.30. The Kier molecular flexibility index (Phi) is 3.63. The van der Waals surface area contributed by atoms with Crippen LogP contribution < -0.4 is 15.8 Å². The van der Waals surface area contributed by atoms with Gasteiger partial charge in [0, 0.05) is 19.2 Å². The second kappa shape index (κ2) is 5.06. The molecule has 0 aromatic heterocycles. The number of nitrogens with zero attached hydrogens (tertiary/aromatic N) is 1. The van der Waals surface area contributed by atoms with Gasteiger partial charge in [-0.1, -0.05) is 0 Å². The number of nitrogen functional groups attached to an aromatic ring is 1. The first kappa shape index (κ1) is 13.6. The van der Waals surface area contributed by atoms with E-state index in [0.717, 1.165) is 4.31 Å². The third-order valence-corrected chi connectivity index (χ3v) is 4.76. The van der Waals surface area contributed by atoms with E-state index < -0.39 is 10.0 Å². The molecule has 0 atom stereocenters. The van der Waals surface area contributed by atoms with Gasteiger partial charge in [0.2, 0.25) is 15.9 Å². The topological polar surface area (TPSA) is 102 Å². The number of methoxy groups -OCH3 is 1. The molecule has 8 heteroatoms. The molecular formula is C11H15N3O4S. The summed E-state index contributed by atoms with van der Waals surface area (Å²) in [6.45, 7) is 0.349. The molecular weight excluding hydrogens is 270 g/mol. The van der Waals surface area contributed by atoms with Crippen molar-refractivity contribution in [1.82, 2.24) is 9.62 Å². The highest BCUT2D eigenvalue weighted by atomic mass is 32.2. The number of benzene rings is 1. The quantitative estimate of drug-likeness (QED) is 0.722. The summed E-state index contributed by atoms with van der Waals surface area (Å²) >= 11 is 0. The third-order valence-electron chi connectivity index (χ3n) is 2.84. The molecule has 0 bridgehead atoms. The Morgan fingerprint density at radius 3 is 2.74 bits per heavy atom. The fourth-order valence-electron chi connectivity index (χ4n) is 1.85. The van der Waals surface area contributed by atoms with Gasteiger partial charge in [-0.2, -0.15) is 4.31 Å². The second-order valence-corrected chi connectivity index (χ2v) is 6.00. The fraction of sp³-hybridized carbons (Fsp3) is 0.364. The molecule has 1 fully saturated rings. The Hall–Kier alpha value is -1.80. The lowest BCUT2D eigenvalue weighted by Crippen LogP contribution is -2.49. The predicted octanol–water partition coefficient (Wildman–Crippen LogP) is -0.602. The fourth-order valence-corrected chi connectivity index (χ4v) is 3.34. The molecule has 0 saturated carbocycles. The van der Waals surface area contributed by atoms with Gasteiger partial charge in [-0.3, -0.25) is 4.79 Å². The van der Waals surface area contributed by atoms with Gasteiger partial charge in [0.05, 0.1) is 19.3 Å². The Bertz CT molecular complexity index is 600. The van der Waals surface area contributed by atoms with Crippen molar-refractivity contribution in [3.63, 3.8) is 0 Å². The van der Waals surface area contributed by atoms with Gasteiger partial charge in [0.25, 0.3) is 0 Å². The summed E-state index contributed by atoms with van der Waals surface area (Å²) in [5, 5.41) is 2.57. The molecule has 0 unspecified atom stereocenters. The molecule has 1 aliphatic heterocycles. The number of rotatable bonds is 3. The normalized spacial score (nSPS) is 17.0. The van der Waals surface area contributed by atoms with Crippen molar-refractivity contribution in [3.05, 3.63) is 18.2 Å². The monoisotopic (exact) mass is 285 g/mol. The number of amides is 1. The number of nitrogens with one attached hydrogen (secondary N) is 1. The van der Waals surface area contributed by atoms with Gasteiger partial charge in [-0.15, -0.1) is 0 Å². The maximum Gasteiger partial charge on any atom is 0.245 e. The largest absolute Gasteiger partial charge is 0.497 e. The van der Waals surface area contributed by atoms with Crippen molar-refractivity contribution >= 4 is 21.6 Å². The highest BCUT2D eigenvalue weighted by Crippen LogP contribution is 2.26. The molecule has 1 amide bonds. The van der Waals surface area contributed by atoms with Crippen LogP contribution in [0, 0.1) is 0 Å². The molecule has 0 aliphatic carbocycles. The first-order valence-electron chi connectivity index (χ1n) is 5.65. The van der Waals surface area contributed by atoms with E-state index in [9.17, 15) is 13.2 Å². The number of ether oxygens (including phenoxy) is 1. The molecule has 3 N–H and O–H groups in total. The van der Waals surface area contributed by atoms with E-state index in [-0.39, 0.29) is 29.6 Å². The smallest absolute Gasteiger partial charge is 0.245 e. The number of anilines is 1. The summed E-state index contributed by atoms with van der Waals surface area (Å²) in [7, 11) is -2.29. The number of carbonyl (C=O) groups excluding carboxylic acids is 1. The van der Waals surface area contributed by atoms with Crippen LogP contribution in [0.15, 0.2) is 23.1 Å². The van der Waals surface area contributed by atoms with Gasteiger partial charge < -0.3 is 15.8 Å². The number of carbonyl (C=O) groups is 1. The predicted molar refractivity (Wildman–Crippen MR) is 69.2 cm³/mol. The van der Waals surface area contributed by atoms with Crippen LogP contribution in [0.2, 0.25) is 0 Å². The van der Waals surface area contributed by atoms with E-state index in [1.807, 2.05) is 0 Å². The minimum atomic E-state index is -3.76. The van der Waals surface area contributed by atoms with Crippen LogP contribution in [-0.4, -0.2) is 45.4 Å². The molecule has 0 radical (unpaired) electrons. The summed E-state index contributed by atoms with van der Waals surface area (Å²) < 4.78 is 30.8. The van der Waals surface area contributed by atoms with Gasteiger partial charge in [-0.05, 0) is 12.1 Å². The maximum absolute atomic E-state index is 12.4. The van der Waals surface area contributed by atoms with Crippen LogP contribution in [0.4, 0.5) is 5.69 Å². The molecule has 1 aliphatic rings. The molecule has 2 rings (SSSR count). The molecule has 1 aromatic carbocycles. The zero-order valence-corrected chi connectivity index (χ0v) is 11.2. The highest BCUT2D eigenvalue weighted by molar-refractivity contribution is 7.89. The first-order valence-corrected chi connectivity index (χ1v) is 7.09. The van der Waals surface area contributed by atoms with Crippen LogP contribution in [0.25, 0.3) is 0 Å². The Balaban J connectivity index is 2.36. The number of nitrogens with two attached hydrogens (primary N) is 1. The summed E-state index contributed by atoms with van der Waals surface area (Å²) in [4.78, 5) is 11.3. The third kappa shape index (κ3) is 2.64. The standard InChI is InChI=1S/C11H15N3O4S/c1-18-8-2-3-10(9(12)6-8)19(16,17)14-5-4-13-11(15)7-14/h2-3,6H,4-5,7,12H2,1H3,(H,13,15).